The van der Waals surface area contributed by atoms with Crippen LogP contribution < -0.4 is 5.56 Å². The molecule has 0 fully saturated rings. The Labute approximate surface area is 121 Å². The van der Waals surface area contributed by atoms with Crippen LogP contribution in [0.4, 0.5) is 0 Å². The third kappa shape index (κ3) is 2.81. The zero-order valence-corrected chi connectivity index (χ0v) is 13.1. The summed E-state index contributed by atoms with van der Waals surface area (Å²) in [5.74, 6) is 0. The number of nitrogens with zero attached hydrogens (tertiary/aromatic N) is 3. The minimum absolute atomic E-state index is 0.0220. The van der Waals surface area contributed by atoms with Gasteiger partial charge in [-0.2, -0.15) is 5.10 Å². The lowest BCUT2D eigenvalue weighted by Crippen LogP contribution is -2.21. The van der Waals surface area contributed by atoms with Gasteiger partial charge >= 0.3 is 0 Å². The molecule has 0 radical (unpaired) electrons. The highest BCUT2D eigenvalue weighted by atomic mass is 79.9. The number of aryl methyl sites for hydroxylation is 3. The van der Waals surface area contributed by atoms with Crippen molar-refractivity contribution >= 4 is 15.9 Å². The van der Waals surface area contributed by atoms with Gasteiger partial charge in [0.15, 0.2) is 0 Å². The third-order valence-electron chi connectivity index (χ3n) is 3.17. The summed E-state index contributed by atoms with van der Waals surface area (Å²) in [6, 6.07) is 3.60. The van der Waals surface area contributed by atoms with Crippen molar-refractivity contribution in [3.8, 4) is 0 Å². The third-order valence-corrected chi connectivity index (χ3v) is 4.08. The van der Waals surface area contributed by atoms with Crippen LogP contribution in [-0.2, 0) is 19.5 Å². The lowest BCUT2D eigenvalue weighted by Gasteiger charge is -2.08. The van der Waals surface area contributed by atoms with Gasteiger partial charge in [0.05, 0.1) is 22.4 Å². The number of rotatable bonds is 4. The summed E-state index contributed by atoms with van der Waals surface area (Å²) in [6.07, 6.45) is 2.71. The molecule has 0 atom stereocenters. The average molecular weight is 324 g/mol. The van der Waals surface area contributed by atoms with Gasteiger partial charge in [0.25, 0.3) is 5.56 Å². The quantitative estimate of drug-likeness (QED) is 0.868. The van der Waals surface area contributed by atoms with Crippen molar-refractivity contribution in [2.45, 2.75) is 40.3 Å². The van der Waals surface area contributed by atoms with Crippen molar-refractivity contribution in [3.05, 3.63) is 50.1 Å². The van der Waals surface area contributed by atoms with Crippen molar-refractivity contribution in [1.29, 1.82) is 0 Å². The van der Waals surface area contributed by atoms with E-state index in [2.05, 4.69) is 34.9 Å². The second kappa shape index (κ2) is 5.74. The maximum atomic E-state index is 11.9. The molecule has 4 nitrogen and oxygen atoms in total. The minimum Gasteiger partial charge on any atom is -0.309 e. The van der Waals surface area contributed by atoms with E-state index in [0.29, 0.717) is 6.54 Å². The molecule has 0 bridgehead atoms. The molecule has 0 spiro atoms. The molecule has 5 heteroatoms. The summed E-state index contributed by atoms with van der Waals surface area (Å²) in [5, 5.41) is 4.54. The van der Waals surface area contributed by atoms with Crippen molar-refractivity contribution in [2.24, 2.45) is 0 Å². The van der Waals surface area contributed by atoms with E-state index in [9.17, 15) is 4.79 Å². The van der Waals surface area contributed by atoms with Crippen LogP contribution in [0.25, 0.3) is 0 Å². The maximum Gasteiger partial charge on any atom is 0.251 e. The Kier molecular flexibility index (Phi) is 4.24. The molecule has 0 N–H and O–H groups in total. The van der Waals surface area contributed by atoms with Gasteiger partial charge in [0, 0.05) is 18.8 Å². The molecule has 2 aromatic heterocycles. The Morgan fingerprint density at radius 1 is 1.37 bits per heavy atom. The molecule has 102 valence electrons. The summed E-state index contributed by atoms with van der Waals surface area (Å²) in [5.41, 5.74) is 3.09. The molecular formula is C14H18BrN3O. The van der Waals surface area contributed by atoms with Crippen LogP contribution in [-0.4, -0.2) is 14.3 Å². The summed E-state index contributed by atoms with van der Waals surface area (Å²) < 4.78 is 4.68. The molecule has 0 saturated carbocycles. The Balaban J connectivity index is 2.42. The van der Waals surface area contributed by atoms with Crippen LogP contribution in [0.3, 0.4) is 0 Å². The summed E-state index contributed by atoms with van der Waals surface area (Å²) in [7, 11) is 0. The van der Waals surface area contributed by atoms with Crippen LogP contribution >= 0.6 is 15.9 Å². The van der Waals surface area contributed by atoms with Crippen molar-refractivity contribution in [1.82, 2.24) is 14.3 Å². The van der Waals surface area contributed by atoms with Gasteiger partial charge < -0.3 is 4.57 Å². The highest BCUT2D eigenvalue weighted by molar-refractivity contribution is 9.10. The summed E-state index contributed by atoms with van der Waals surface area (Å²) >= 11 is 3.60. The maximum absolute atomic E-state index is 11.9. The molecule has 2 rings (SSSR count). The molecule has 0 unspecified atom stereocenters. The topological polar surface area (TPSA) is 39.8 Å². The zero-order valence-electron chi connectivity index (χ0n) is 11.5. The first-order chi connectivity index (χ1) is 9.06. The van der Waals surface area contributed by atoms with E-state index < -0.39 is 0 Å². The van der Waals surface area contributed by atoms with E-state index >= 15 is 0 Å². The highest BCUT2D eigenvalue weighted by Crippen LogP contribution is 2.22. The first-order valence-corrected chi connectivity index (χ1v) is 7.27. The van der Waals surface area contributed by atoms with Crippen LogP contribution in [0.15, 0.2) is 27.6 Å². The molecule has 0 aliphatic heterocycles. The van der Waals surface area contributed by atoms with Crippen LogP contribution in [0, 0.1) is 6.92 Å². The van der Waals surface area contributed by atoms with E-state index in [1.54, 1.807) is 10.6 Å². The van der Waals surface area contributed by atoms with Gasteiger partial charge in [0.1, 0.15) is 0 Å². The normalized spacial score (nSPS) is 10.9. The molecule has 0 aliphatic rings. The molecular weight excluding hydrogens is 306 g/mol. The van der Waals surface area contributed by atoms with Crippen molar-refractivity contribution in [2.75, 3.05) is 0 Å². The average Bonchev–Trinajstić information content (AvgIpc) is 2.69. The van der Waals surface area contributed by atoms with E-state index in [4.69, 9.17) is 0 Å². The SMILES string of the molecule is CCc1nn(CC)c(Cn2ccc(C)cc2=O)c1Br. The van der Waals surface area contributed by atoms with E-state index in [0.717, 1.165) is 34.4 Å². The number of hydrogen-bond donors (Lipinski definition) is 0. The van der Waals surface area contributed by atoms with Gasteiger partial charge in [-0.1, -0.05) is 6.92 Å². The fourth-order valence-electron chi connectivity index (χ4n) is 2.07. The summed E-state index contributed by atoms with van der Waals surface area (Å²) in [4.78, 5) is 11.9. The minimum atomic E-state index is 0.0220. The lowest BCUT2D eigenvalue weighted by molar-refractivity contribution is 0.588. The molecule has 0 amide bonds. The second-order valence-corrected chi connectivity index (χ2v) is 5.34. The second-order valence-electron chi connectivity index (χ2n) is 4.55. The number of halogens is 1. The number of pyridine rings is 1. The number of hydrogen-bond acceptors (Lipinski definition) is 2. The van der Waals surface area contributed by atoms with E-state index in [1.807, 2.05) is 23.9 Å². The molecule has 0 saturated heterocycles. The molecule has 19 heavy (non-hydrogen) atoms. The Morgan fingerprint density at radius 2 is 2.11 bits per heavy atom. The molecule has 2 heterocycles. The monoisotopic (exact) mass is 323 g/mol. The Bertz CT molecular complexity index is 643. The highest BCUT2D eigenvalue weighted by Gasteiger charge is 2.14. The van der Waals surface area contributed by atoms with Crippen LogP contribution in [0.1, 0.15) is 30.8 Å². The standard InChI is InChI=1S/C14H18BrN3O/c1-4-11-14(15)12(18(5-2)16-11)9-17-7-6-10(3)8-13(17)19/h6-8H,4-5,9H2,1-3H3. The Hall–Kier alpha value is -1.36. The van der Waals surface area contributed by atoms with Gasteiger partial charge in [-0.15, -0.1) is 0 Å². The lowest BCUT2D eigenvalue weighted by atomic mass is 10.3. The van der Waals surface area contributed by atoms with Crippen molar-refractivity contribution in [3.63, 3.8) is 0 Å². The smallest absolute Gasteiger partial charge is 0.251 e. The number of aromatic nitrogens is 3. The van der Waals surface area contributed by atoms with Crippen molar-refractivity contribution < 1.29 is 0 Å². The first-order valence-electron chi connectivity index (χ1n) is 6.48. The van der Waals surface area contributed by atoms with Crippen LogP contribution in [0.2, 0.25) is 0 Å². The molecule has 0 aliphatic carbocycles. The molecule has 0 aromatic carbocycles. The fourth-order valence-corrected chi connectivity index (χ4v) is 2.76. The predicted octanol–water partition coefficient (Wildman–Crippen LogP) is 2.75. The van der Waals surface area contributed by atoms with Crippen LogP contribution in [0.5, 0.6) is 0 Å². The fraction of sp³-hybridized carbons (Fsp3) is 0.429. The van der Waals surface area contributed by atoms with E-state index in [-0.39, 0.29) is 5.56 Å². The van der Waals surface area contributed by atoms with E-state index in [1.165, 1.54) is 0 Å². The zero-order chi connectivity index (χ0) is 14.0. The summed E-state index contributed by atoms with van der Waals surface area (Å²) in [6.45, 7) is 7.40. The van der Waals surface area contributed by atoms with Gasteiger partial charge in [-0.05, 0) is 47.8 Å². The predicted molar refractivity (Wildman–Crippen MR) is 79.5 cm³/mol. The first kappa shape index (κ1) is 14.1. The van der Waals surface area contributed by atoms with Gasteiger partial charge in [-0.25, -0.2) is 0 Å². The van der Waals surface area contributed by atoms with Gasteiger partial charge in [-0.3, -0.25) is 9.48 Å². The van der Waals surface area contributed by atoms with Gasteiger partial charge in [0.2, 0.25) is 0 Å². The molecule has 2 aromatic rings. The Morgan fingerprint density at radius 3 is 2.68 bits per heavy atom. The largest absolute Gasteiger partial charge is 0.309 e.